The molecular weight excluding hydrogens is 404 g/mol. The van der Waals surface area contributed by atoms with E-state index in [1.54, 1.807) is 24.3 Å². The van der Waals surface area contributed by atoms with Crippen LogP contribution >= 0.6 is 0 Å². The highest BCUT2D eigenvalue weighted by Crippen LogP contribution is 2.53. The normalized spacial score (nSPS) is 23.5. The third-order valence-electron chi connectivity index (χ3n) is 6.52. The number of fused-ring (bicyclic) bond motifs is 1. The predicted molar refractivity (Wildman–Crippen MR) is 127 cm³/mol. The summed E-state index contributed by atoms with van der Waals surface area (Å²) in [6.45, 7) is 16.8. The zero-order valence-electron chi connectivity index (χ0n) is 19.6. The Hall–Kier alpha value is -2.66. The molecular formula is C27H34O5. The van der Waals surface area contributed by atoms with Gasteiger partial charge in [0.1, 0.15) is 11.3 Å². The van der Waals surface area contributed by atoms with E-state index < -0.39 is 17.7 Å². The van der Waals surface area contributed by atoms with Crippen molar-refractivity contribution in [2.24, 2.45) is 16.7 Å². The second kappa shape index (κ2) is 9.07. The smallest absolute Gasteiger partial charge is 0.338 e. The molecule has 3 rings (SSSR count). The van der Waals surface area contributed by atoms with Crippen LogP contribution in [0.25, 0.3) is 11.0 Å². The summed E-state index contributed by atoms with van der Waals surface area (Å²) in [6, 6.07) is 7.97. The van der Waals surface area contributed by atoms with Crippen molar-refractivity contribution in [1.82, 2.24) is 0 Å². The molecule has 2 aromatic rings. The van der Waals surface area contributed by atoms with Gasteiger partial charge in [-0.1, -0.05) is 40.9 Å². The highest BCUT2D eigenvalue weighted by Gasteiger charge is 2.43. The number of carbonyl (C=O) groups excluding carboxylic acids is 1. The monoisotopic (exact) mass is 438 g/mol. The average Bonchev–Trinajstić information content (AvgIpc) is 2.70. The molecule has 32 heavy (non-hydrogen) atoms. The van der Waals surface area contributed by atoms with E-state index in [0.717, 1.165) is 30.2 Å². The van der Waals surface area contributed by atoms with Crippen LogP contribution in [-0.2, 0) is 4.79 Å². The third-order valence-corrected chi connectivity index (χ3v) is 6.52. The lowest BCUT2D eigenvalue weighted by molar-refractivity contribution is -0.130. The van der Waals surface area contributed by atoms with Gasteiger partial charge in [0, 0.05) is 23.1 Å². The molecule has 1 aliphatic rings. The van der Waals surface area contributed by atoms with Crippen molar-refractivity contribution in [3.63, 3.8) is 0 Å². The van der Waals surface area contributed by atoms with Crippen molar-refractivity contribution in [2.45, 2.75) is 65.9 Å². The number of aliphatic hydroxyl groups excluding tert-OH is 1. The van der Waals surface area contributed by atoms with Gasteiger partial charge in [-0.3, -0.25) is 0 Å². The fraction of sp³-hybridized carbons (Fsp3) is 0.481. The van der Waals surface area contributed by atoms with Crippen LogP contribution in [-0.4, -0.2) is 17.2 Å². The Morgan fingerprint density at radius 2 is 1.91 bits per heavy atom. The van der Waals surface area contributed by atoms with Gasteiger partial charge in [-0.25, -0.2) is 9.59 Å². The molecule has 1 fully saturated rings. The summed E-state index contributed by atoms with van der Waals surface area (Å²) in [5, 5.41) is 11.1. The second-order valence-corrected chi connectivity index (χ2v) is 10.4. The molecule has 0 saturated heterocycles. The first-order chi connectivity index (χ1) is 14.9. The Balaban J connectivity index is 1.72. The van der Waals surface area contributed by atoms with Crippen molar-refractivity contribution in [2.75, 3.05) is 0 Å². The summed E-state index contributed by atoms with van der Waals surface area (Å²) in [4.78, 5) is 24.3. The Kier molecular flexibility index (Phi) is 6.80. The Morgan fingerprint density at radius 3 is 2.59 bits per heavy atom. The minimum Gasteiger partial charge on any atom is -0.423 e. The maximum Gasteiger partial charge on any atom is 0.338 e. The lowest BCUT2D eigenvalue weighted by atomic mass is 9.57. The molecule has 3 atom stereocenters. The fourth-order valence-electron chi connectivity index (χ4n) is 5.44. The van der Waals surface area contributed by atoms with Crippen molar-refractivity contribution < 1.29 is 19.1 Å². The maximum atomic E-state index is 12.8. The van der Waals surface area contributed by atoms with Gasteiger partial charge in [0.25, 0.3) is 0 Å². The molecule has 3 unspecified atom stereocenters. The lowest BCUT2D eigenvalue weighted by Gasteiger charge is -2.48. The topological polar surface area (TPSA) is 76.7 Å². The largest absolute Gasteiger partial charge is 0.423 e. The molecule has 5 heteroatoms. The van der Waals surface area contributed by atoms with Crippen molar-refractivity contribution >= 4 is 16.9 Å². The van der Waals surface area contributed by atoms with E-state index in [1.807, 2.05) is 6.92 Å². The number of esters is 1. The van der Waals surface area contributed by atoms with E-state index in [0.29, 0.717) is 29.7 Å². The molecule has 1 N–H and O–H groups in total. The van der Waals surface area contributed by atoms with Crippen LogP contribution in [0.15, 0.2) is 63.8 Å². The van der Waals surface area contributed by atoms with E-state index in [4.69, 9.17) is 9.15 Å². The zero-order chi connectivity index (χ0) is 23.7. The van der Waals surface area contributed by atoms with Crippen LogP contribution in [0.4, 0.5) is 0 Å². The van der Waals surface area contributed by atoms with Crippen LogP contribution < -0.4 is 10.4 Å². The molecule has 1 aliphatic carbocycles. The van der Waals surface area contributed by atoms with Gasteiger partial charge < -0.3 is 14.3 Å². The highest BCUT2D eigenvalue weighted by molar-refractivity contribution is 5.90. The summed E-state index contributed by atoms with van der Waals surface area (Å²) in [7, 11) is 0. The molecule has 1 saturated carbocycles. The van der Waals surface area contributed by atoms with Crippen LogP contribution in [0, 0.1) is 16.7 Å². The van der Waals surface area contributed by atoms with Crippen LogP contribution in [0.2, 0.25) is 0 Å². The Labute approximate surface area is 189 Å². The van der Waals surface area contributed by atoms with Gasteiger partial charge >= 0.3 is 11.6 Å². The van der Waals surface area contributed by atoms with Crippen molar-refractivity contribution in [1.29, 1.82) is 0 Å². The number of rotatable bonds is 7. The maximum absolute atomic E-state index is 12.8. The number of aliphatic hydroxyl groups is 1. The first-order valence-electron chi connectivity index (χ1n) is 11.2. The first-order valence-corrected chi connectivity index (χ1v) is 11.2. The number of benzene rings is 1. The van der Waals surface area contributed by atoms with E-state index in [-0.39, 0.29) is 16.7 Å². The molecule has 0 spiro atoms. The Bertz CT molecular complexity index is 1090. The molecule has 1 aromatic carbocycles. The third kappa shape index (κ3) is 5.57. The molecule has 5 nitrogen and oxygen atoms in total. The minimum atomic E-state index is -0.501. The molecule has 0 aliphatic heterocycles. The summed E-state index contributed by atoms with van der Waals surface area (Å²) >= 11 is 0. The summed E-state index contributed by atoms with van der Waals surface area (Å²) in [6.07, 6.45) is 3.41. The number of carbonyl (C=O) groups is 1. The molecule has 0 amide bonds. The lowest BCUT2D eigenvalue weighted by Crippen LogP contribution is -2.38. The molecule has 172 valence electrons. The molecule has 0 bridgehead atoms. The Morgan fingerprint density at radius 1 is 1.22 bits per heavy atom. The number of hydrogen-bond acceptors (Lipinski definition) is 5. The van der Waals surface area contributed by atoms with E-state index in [1.165, 1.54) is 6.07 Å². The minimum absolute atomic E-state index is 0.0636. The van der Waals surface area contributed by atoms with Gasteiger partial charge in [0.05, 0.1) is 6.10 Å². The second-order valence-electron chi connectivity index (χ2n) is 10.4. The SMILES string of the molecule is C=C(CC1(C)CC(C(=C)C(O)CC)CC(C)(C)C1)C(=O)Oc1ccc2ccc(=O)oc2c1. The van der Waals surface area contributed by atoms with E-state index >= 15 is 0 Å². The summed E-state index contributed by atoms with van der Waals surface area (Å²) < 4.78 is 10.7. The van der Waals surface area contributed by atoms with Crippen molar-refractivity contribution in [3.05, 3.63) is 65.1 Å². The standard InChI is InChI=1S/C27H34O5/c1-7-22(28)18(3)20-14-26(4,5)16-27(6,15-20)13-17(2)25(30)31-21-10-8-19-9-11-24(29)32-23(19)12-21/h8-12,20,22,28H,2-3,7,13-16H2,1,4-6H3. The number of hydrogen-bond donors (Lipinski definition) is 1. The summed E-state index contributed by atoms with van der Waals surface area (Å²) in [5.74, 6) is 0.0200. The molecule has 1 heterocycles. The van der Waals surface area contributed by atoms with Crippen LogP contribution in [0.3, 0.4) is 0 Å². The van der Waals surface area contributed by atoms with E-state index in [2.05, 4.69) is 33.9 Å². The molecule has 0 radical (unpaired) electrons. The number of ether oxygens (including phenoxy) is 1. The van der Waals surface area contributed by atoms with Crippen LogP contribution in [0.1, 0.15) is 59.8 Å². The van der Waals surface area contributed by atoms with Gasteiger partial charge in [0.15, 0.2) is 0 Å². The van der Waals surface area contributed by atoms with Gasteiger partial charge in [-0.05, 0) is 72.6 Å². The quantitative estimate of drug-likeness (QED) is 0.194. The molecule has 1 aromatic heterocycles. The van der Waals surface area contributed by atoms with Gasteiger partial charge in [-0.15, -0.1) is 0 Å². The van der Waals surface area contributed by atoms with Crippen LogP contribution in [0.5, 0.6) is 5.75 Å². The fourth-order valence-corrected chi connectivity index (χ4v) is 5.44. The van der Waals surface area contributed by atoms with E-state index in [9.17, 15) is 14.7 Å². The van der Waals surface area contributed by atoms with Gasteiger partial charge in [0.2, 0.25) is 0 Å². The average molecular weight is 439 g/mol. The first kappa shape index (κ1) is 24.0. The predicted octanol–water partition coefficient (Wildman–Crippen LogP) is 5.80. The summed E-state index contributed by atoms with van der Waals surface area (Å²) in [5.41, 5.74) is 1.11. The highest BCUT2D eigenvalue weighted by atomic mass is 16.5. The van der Waals surface area contributed by atoms with Crippen molar-refractivity contribution in [3.8, 4) is 5.75 Å². The van der Waals surface area contributed by atoms with Gasteiger partial charge in [-0.2, -0.15) is 0 Å². The zero-order valence-corrected chi connectivity index (χ0v) is 19.6.